The Hall–Kier alpha value is -3.93. The highest BCUT2D eigenvalue weighted by atomic mass is 16.6. The normalized spacial score (nSPS) is 13.1. The Morgan fingerprint density at radius 3 is 1.34 bits per heavy atom. The molecule has 0 saturated heterocycles. The van der Waals surface area contributed by atoms with Crippen LogP contribution in [0.2, 0.25) is 0 Å². The van der Waals surface area contributed by atoms with Crippen LogP contribution in [-0.2, 0) is 28.6 Å². The number of unbranched alkanes of at least 4 members (excludes halogenated alkanes) is 11. The van der Waals surface area contributed by atoms with Crippen molar-refractivity contribution in [2.45, 2.75) is 175 Å². The first-order valence-electron chi connectivity index (χ1n) is 21.9. The first-order chi connectivity index (χ1) is 27.5. The Morgan fingerprint density at radius 1 is 0.393 bits per heavy atom. The molecule has 0 aliphatic carbocycles. The van der Waals surface area contributed by atoms with Gasteiger partial charge in [-0.3, -0.25) is 14.4 Å². The van der Waals surface area contributed by atoms with Crippen molar-refractivity contribution in [3.05, 3.63) is 109 Å². The van der Waals surface area contributed by atoms with Gasteiger partial charge in [0.1, 0.15) is 13.2 Å². The first kappa shape index (κ1) is 52.1. The molecule has 0 rings (SSSR count). The molecule has 0 aromatic carbocycles. The average molecular weight is 775 g/mol. The fourth-order valence-electron chi connectivity index (χ4n) is 5.34. The van der Waals surface area contributed by atoms with Crippen LogP contribution < -0.4 is 0 Å². The zero-order chi connectivity index (χ0) is 40.8. The molecule has 1 unspecified atom stereocenters. The Labute approximate surface area is 342 Å². The number of hydrogen-bond acceptors (Lipinski definition) is 6. The number of hydrogen-bond donors (Lipinski definition) is 0. The maximum Gasteiger partial charge on any atom is 0.306 e. The summed E-state index contributed by atoms with van der Waals surface area (Å²) >= 11 is 0. The van der Waals surface area contributed by atoms with Gasteiger partial charge in [0.05, 0.1) is 0 Å². The minimum Gasteiger partial charge on any atom is -0.462 e. The molecule has 0 amide bonds. The van der Waals surface area contributed by atoms with Crippen LogP contribution >= 0.6 is 0 Å². The van der Waals surface area contributed by atoms with E-state index in [1.165, 1.54) is 19.3 Å². The van der Waals surface area contributed by atoms with Crippen LogP contribution in [0.3, 0.4) is 0 Å². The molecule has 0 bridgehead atoms. The lowest BCUT2D eigenvalue weighted by atomic mass is 10.1. The van der Waals surface area contributed by atoms with Crippen molar-refractivity contribution >= 4 is 17.9 Å². The molecule has 0 N–H and O–H groups in total. The van der Waals surface area contributed by atoms with Crippen LogP contribution in [-0.4, -0.2) is 37.2 Å². The van der Waals surface area contributed by atoms with Crippen molar-refractivity contribution in [2.75, 3.05) is 13.2 Å². The number of esters is 3. The van der Waals surface area contributed by atoms with E-state index < -0.39 is 6.10 Å². The number of rotatable bonds is 37. The number of carbonyl (C=O) groups is 3. The second kappa shape index (κ2) is 43.8. The lowest BCUT2D eigenvalue weighted by molar-refractivity contribution is -0.167. The van der Waals surface area contributed by atoms with Gasteiger partial charge < -0.3 is 14.2 Å². The van der Waals surface area contributed by atoms with E-state index in [1.54, 1.807) is 0 Å². The van der Waals surface area contributed by atoms with Crippen molar-refractivity contribution in [2.24, 2.45) is 0 Å². The van der Waals surface area contributed by atoms with Gasteiger partial charge in [0.2, 0.25) is 0 Å². The predicted molar refractivity (Wildman–Crippen MR) is 237 cm³/mol. The van der Waals surface area contributed by atoms with Gasteiger partial charge in [-0.25, -0.2) is 0 Å². The molecule has 0 spiro atoms. The smallest absolute Gasteiger partial charge is 0.306 e. The summed E-state index contributed by atoms with van der Waals surface area (Å²) in [6, 6.07) is 0. The van der Waals surface area contributed by atoms with Crippen molar-refractivity contribution < 1.29 is 28.6 Å². The quantitative estimate of drug-likeness (QED) is 0.0206. The highest BCUT2D eigenvalue weighted by Gasteiger charge is 2.19. The summed E-state index contributed by atoms with van der Waals surface area (Å²) in [5, 5.41) is 0. The summed E-state index contributed by atoms with van der Waals surface area (Å²) in [5.41, 5.74) is 0. The molecule has 0 fully saturated rings. The molecule has 0 saturated carbocycles. The van der Waals surface area contributed by atoms with E-state index in [4.69, 9.17) is 14.2 Å². The Morgan fingerprint density at radius 2 is 0.786 bits per heavy atom. The molecule has 314 valence electrons. The molecule has 0 heterocycles. The van der Waals surface area contributed by atoms with Crippen LogP contribution in [0.5, 0.6) is 0 Å². The minimum atomic E-state index is -0.826. The fourth-order valence-corrected chi connectivity index (χ4v) is 5.34. The van der Waals surface area contributed by atoms with Gasteiger partial charge in [0.25, 0.3) is 0 Å². The predicted octanol–water partition coefficient (Wildman–Crippen LogP) is 14.0. The van der Waals surface area contributed by atoms with Crippen molar-refractivity contribution in [3.63, 3.8) is 0 Å². The molecular formula is C50H78O6. The topological polar surface area (TPSA) is 78.9 Å². The molecular weight excluding hydrogens is 697 g/mol. The summed E-state index contributed by atoms with van der Waals surface area (Å²) in [4.78, 5) is 37.6. The molecule has 6 nitrogen and oxygen atoms in total. The summed E-state index contributed by atoms with van der Waals surface area (Å²) in [6.45, 7) is 6.21. The highest BCUT2D eigenvalue weighted by Crippen LogP contribution is 2.11. The van der Waals surface area contributed by atoms with Crippen molar-refractivity contribution in [1.29, 1.82) is 0 Å². The molecule has 6 heteroatoms. The summed E-state index contributed by atoms with van der Waals surface area (Å²) in [6.07, 6.45) is 58.0. The zero-order valence-electron chi connectivity index (χ0n) is 35.6. The fraction of sp³-hybridized carbons (Fsp3) is 0.580. The number of ether oxygens (including phenoxy) is 3. The summed E-state index contributed by atoms with van der Waals surface area (Å²) < 4.78 is 16.5. The molecule has 0 aromatic rings. The van der Waals surface area contributed by atoms with Gasteiger partial charge >= 0.3 is 17.9 Å². The van der Waals surface area contributed by atoms with E-state index in [9.17, 15) is 14.4 Å². The van der Waals surface area contributed by atoms with E-state index in [2.05, 4.69) is 130 Å². The van der Waals surface area contributed by atoms with Gasteiger partial charge in [-0.2, -0.15) is 0 Å². The third kappa shape index (κ3) is 41.2. The Balaban J connectivity index is 4.49. The molecule has 0 aliphatic rings. The standard InChI is InChI=1S/C50H78O6/c1-4-7-10-13-16-19-21-22-23-24-25-26-27-29-31-34-37-40-43-49(52)55-46-47(45-54-48(51)42-39-36-33-30-18-15-12-9-6-3)56-50(53)44-41-38-35-32-28-20-17-14-11-8-5-2/h8-9,11-12,16-26,30,32,35,47H,4-7,10,13-15,27-29,31,33-34,36-46H2,1-3H3/b11-8-,12-9-,19-16-,20-17-,22-21-,24-23-,26-25-,30-18-,35-32-. The maximum absolute atomic E-state index is 12.6. The largest absolute Gasteiger partial charge is 0.462 e. The molecule has 56 heavy (non-hydrogen) atoms. The van der Waals surface area contributed by atoms with Crippen LogP contribution in [0.4, 0.5) is 0 Å². The van der Waals surface area contributed by atoms with E-state index in [0.29, 0.717) is 19.3 Å². The van der Waals surface area contributed by atoms with E-state index in [1.807, 2.05) is 0 Å². The SMILES string of the molecule is CC/C=C\C/C=C\C/C=C\CCCC(=O)OC(COC(=O)CCCC/C=C\C/C=C\CC)COC(=O)CCCCCCC\C=C/C=C\C=C/C=C\CCCCC. The Bertz CT molecular complexity index is 1210. The third-order valence-electron chi connectivity index (χ3n) is 8.59. The van der Waals surface area contributed by atoms with Crippen LogP contribution in [0.1, 0.15) is 168 Å². The first-order valence-corrected chi connectivity index (χ1v) is 21.9. The van der Waals surface area contributed by atoms with Crippen LogP contribution in [0, 0.1) is 0 Å². The van der Waals surface area contributed by atoms with Crippen molar-refractivity contribution in [3.8, 4) is 0 Å². The van der Waals surface area contributed by atoms with Gasteiger partial charge in [0.15, 0.2) is 6.10 Å². The average Bonchev–Trinajstić information content (AvgIpc) is 3.19. The highest BCUT2D eigenvalue weighted by molar-refractivity contribution is 5.71. The lowest BCUT2D eigenvalue weighted by Gasteiger charge is -2.18. The van der Waals surface area contributed by atoms with E-state index >= 15 is 0 Å². The van der Waals surface area contributed by atoms with E-state index in [-0.39, 0.29) is 37.5 Å². The van der Waals surface area contributed by atoms with Gasteiger partial charge in [0, 0.05) is 19.3 Å². The number of allylic oxidation sites excluding steroid dienone is 18. The zero-order valence-corrected chi connectivity index (χ0v) is 35.6. The summed E-state index contributed by atoms with van der Waals surface area (Å²) in [7, 11) is 0. The second-order valence-corrected chi connectivity index (χ2v) is 13.9. The summed E-state index contributed by atoms with van der Waals surface area (Å²) in [5.74, 6) is -1.05. The second-order valence-electron chi connectivity index (χ2n) is 13.9. The van der Waals surface area contributed by atoms with Gasteiger partial charge in [-0.1, -0.05) is 162 Å². The third-order valence-corrected chi connectivity index (χ3v) is 8.59. The van der Waals surface area contributed by atoms with E-state index in [0.717, 1.165) is 103 Å². The van der Waals surface area contributed by atoms with Gasteiger partial charge in [-0.05, 0) is 96.3 Å². The van der Waals surface area contributed by atoms with Crippen molar-refractivity contribution in [1.82, 2.24) is 0 Å². The monoisotopic (exact) mass is 775 g/mol. The minimum absolute atomic E-state index is 0.124. The number of carbonyl (C=O) groups excluding carboxylic acids is 3. The molecule has 0 radical (unpaired) electrons. The Kier molecular flexibility index (Phi) is 40.7. The molecule has 0 aromatic heterocycles. The molecule has 1 atom stereocenters. The van der Waals surface area contributed by atoms with Crippen LogP contribution in [0.15, 0.2) is 109 Å². The van der Waals surface area contributed by atoms with Gasteiger partial charge in [-0.15, -0.1) is 0 Å². The molecule has 0 aliphatic heterocycles. The van der Waals surface area contributed by atoms with Crippen LogP contribution in [0.25, 0.3) is 0 Å². The lowest BCUT2D eigenvalue weighted by Crippen LogP contribution is -2.30. The maximum atomic E-state index is 12.6.